The van der Waals surface area contributed by atoms with Crippen LogP contribution in [0.25, 0.3) is 10.8 Å². The van der Waals surface area contributed by atoms with Gasteiger partial charge in [-0.25, -0.2) is 0 Å². The van der Waals surface area contributed by atoms with E-state index in [4.69, 9.17) is 0 Å². The summed E-state index contributed by atoms with van der Waals surface area (Å²) in [5.41, 5.74) is 1.83. The smallest absolute Gasteiger partial charge is 0.0453 e. The highest BCUT2D eigenvalue weighted by Crippen LogP contribution is 2.48. The van der Waals surface area contributed by atoms with E-state index < -0.39 is 0 Å². The molecule has 2 aliphatic heterocycles. The lowest BCUT2D eigenvalue weighted by molar-refractivity contribution is 0.164. The van der Waals surface area contributed by atoms with Crippen molar-refractivity contribution in [2.75, 3.05) is 4.90 Å². The van der Waals surface area contributed by atoms with Crippen LogP contribution in [0.3, 0.4) is 0 Å². The van der Waals surface area contributed by atoms with Crippen LogP contribution in [-0.4, -0.2) is 11.6 Å². The Morgan fingerprint density at radius 1 is 1.00 bits per heavy atom. The minimum Gasteiger partial charge on any atom is -0.362 e. The molecule has 0 saturated carbocycles. The van der Waals surface area contributed by atoms with Crippen LogP contribution < -0.4 is 4.90 Å². The number of hydrogen-bond donors (Lipinski definition) is 0. The van der Waals surface area contributed by atoms with Crippen molar-refractivity contribution in [3.63, 3.8) is 0 Å². The summed E-state index contributed by atoms with van der Waals surface area (Å²) in [6.45, 7) is 4.94. The summed E-state index contributed by atoms with van der Waals surface area (Å²) >= 11 is 0. The number of fused-ring (bicyclic) bond motifs is 3. The Morgan fingerprint density at radius 2 is 1.81 bits per heavy atom. The fourth-order valence-electron chi connectivity index (χ4n) is 4.75. The monoisotopic (exact) mass is 279 g/mol. The Morgan fingerprint density at radius 3 is 2.71 bits per heavy atom. The van der Waals surface area contributed by atoms with Gasteiger partial charge in [-0.05, 0) is 56.4 Å². The number of nitrogens with zero attached hydrogens (tertiary/aromatic N) is 1. The molecule has 2 saturated heterocycles. The molecule has 1 nitrogen and oxygen atoms in total. The van der Waals surface area contributed by atoms with Crippen molar-refractivity contribution in [2.45, 2.75) is 57.5 Å². The molecule has 3 atom stereocenters. The number of anilines is 1. The SMILES string of the molecule is CC1CCC2(C)CCCC1N2c1cccc2ccccc12. The molecule has 1 heteroatoms. The maximum absolute atomic E-state index is 2.80. The van der Waals surface area contributed by atoms with E-state index in [-0.39, 0.29) is 0 Å². The van der Waals surface area contributed by atoms with E-state index >= 15 is 0 Å². The Kier molecular flexibility index (Phi) is 2.99. The second-order valence-electron chi connectivity index (χ2n) is 7.34. The molecule has 0 radical (unpaired) electrons. The zero-order valence-corrected chi connectivity index (χ0v) is 13.2. The first-order chi connectivity index (χ1) is 10.2. The van der Waals surface area contributed by atoms with Crippen molar-refractivity contribution in [3.05, 3.63) is 42.5 Å². The fourth-order valence-corrected chi connectivity index (χ4v) is 4.75. The van der Waals surface area contributed by atoms with Gasteiger partial charge in [-0.15, -0.1) is 0 Å². The van der Waals surface area contributed by atoms with E-state index in [9.17, 15) is 0 Å². The van der Waals surface area contributed by atoms with Crippen LogP contribution in [0, 0.1) is 5.92 Å². The summed E-state index contributed by atoms with van der Waals surface area (Å²) in [6.07, 6.45) is 6.84. The first kappa shape index (κ1) is 13.2. The highest BCUT2D eigenvalue weighted by atomic mass is 15.2. The molecule has 0 aliphatic carbocycles. The van der Waals surface area contributed by atoms with E-state index in [1.165, 1.54) is 48.6 Å². The zero-order valence-electron chi connectivity index (χ0n) is 13.2. The second-order valence-corrected chi connectivity index (χ2v) is 7.34. The largest absolute Gasteiger partial charge is 0.362 e. The molecule has 110 valence electrons. The van der Waals surface area contributed by atoms with Crippen LogP contribution in [-0.2, 0) is 0 Å². The van der Waals surface area contributed by atoms with Gasteiger partial charge >= 0.3 is 0 Å². The number of rotatable bonds is 1. The molecule has 3 unspecified atom stereocenters. The molecule has 0 spiro atoms. The molecule has 0 N–H and O–H groups in total. The molecular weight excluding hydrogens is 254 g/mol. The van der Waals surface area contributed by atoms with Crippen molar-refractivity contribution in [1.29, 1.82) is 0 Å². The Balaban J connectivity index is 1.90. The lowest BCUT2D eigenvalue weighted by Gasteiger charge is -2.57. The van der Waals surface area contributed by atoms with Gasteiger partial charge in [0.15, 0.2) is 0 Å². The maximum Gasteiger partial charge on any atom is 0.0453 e. The summed E-state index contributed by atoms with van der Waals surface area (Å²) in [5.74, 6) is 0.817. The van der Waals surface area contributed by atoms with Gasteiger partial charge in [0, 0.05) is 22.7 Å². The van der Waals surface area contributed by atoms with Crippen molar-refractivity contribution in [2.24, 2.45) is 5.92 Å². The zero-order chi connectivity index (χ0) is 14.4. The average Bonchev–Trinajstić information content (AvgIpc) is 2.51. The standard InChI is InChI=1S/C20H25N/c1-15-12-14-20(2)13-6-11-18(15)21(20)19-10-5-8-16-7-3-4-9-17(16)19/h3-5,7-10,15,18H,6,11-14H2,1-2H3. The fraction of sp³-hybridized carbons (Fsp3) is 0.500. The molecule has 2 aromatic carbocycles. The normalized spacial score (nSPS) is 32.4. The number of piperidine rings is 2. The molecule has 4 rings (SSSR count). The second kappa shape index (κ2) is 4.76. The minimum atomic E-state index is 0.361. The van der Waals surface area contributed by atoms with E-state index in [1.807, 2.05) is 0 Å². The summed E-state index contributed by atoms with van der Waals surface area (Å²) in [5, 5.41) is 2.79. The number of hydrogen-bond acceptors (Lipinski definition) is 1. The van der Waals surface area contributed by atoms with Crippen molar-refractivity contribution in [1.82, 2.24) is 0 Å². The van der Waals surface area contributed by atoms with Crippen LogP contribution in [0.1, 0.15) is 46.0 Å². The van der Waals surface area contributed by atoms with Gasteiger partial charge < -0.3 is 4.90 Å². The Bertz CT molecular complexity index is 656. The molecule has 2 bridgehead atoms. The van der Waals surface area contributed by atoms with Crippen LogP contribution in [0.5, 0.6) is 0 Å². The topological polar surface area (TPSA) is 3.24 Å². The molecule has 2 heterocycles. The van der Waals surface area contributed by atoms with Gasteiger partial charge in [-0.1, -0.05) is 43.3 Å². The lowest BCUT2D eigenvalue weighted by atomic mass is 9.71. The Labute approximate surface area is 128 Å². The van der Waals surface area contributed by atoms with E-state index in [0.717, 1.165) is 12.0 Å². The lowest BCUT2D eigenvalue weighted by Crippen LogP contribution is -2.60. The van der Waals surface area contributed by atoms with Gasteiger partial charge in [0.2, 0.25) is 0 Å². The summed E-state index contributed by atoms with van der Waals surface area (Å²) < 4.78 is 0. The predicted molar refractivity (Wildman–Crippen MR) is 90.9 cm³/mol. The van der Waals surface area contributed by atoms with Crippen LogP contribution in [0.15, 0.2) is 42.5 Å². The molecule has 2 fully saturated rings. The molecule has 0 aromatic heterocycles. The van der Waals surface area contributed by atoms with E-state index in [0.29, 0.717) is 5.54 Å². The van der Waals surface area contributed by atoms with E-state index in [2.05, 4.69) is 61.2 Å². The summed E-state index contributed by atoms with van der Waals surface area (Å²) in [4.78, 5) is 2.80. The van der Waals surface area contributed by atoms with E-state index in [1.54, 1.807) is 0 Å². The molecule has 21 heavy (non-hydrogen) atoms. The van der Waals surface area contributed by atoms with Gasteiger partial charge in [-0.2, -0.15) is 0 Å². The first-order valence-electron chi connectivity index (χ1n) is 8.46. The molecular formula is C20H25N. The third kappa shape index (κ3) is 1.97. The molecule has 2 aliphatic rings. The number of benzene rings is 2. The predicted octanol–water partition coefficient (Wildman–Crippen LogP) is 5.39. The molecule has 0 amide bonds. The Hall–Kier alpha value is -1.50. The maximum atomic E-state index is 2.80. The van der Waals surface area contributed by atoms with Crippen LogP contribution in [0.2, 0.25) is 0 Å². The van der Waals surface area contributed by atoms with Gasteiger partial charge in [0.1, 0.15) is 0 Å². The van der Waals surface area contributed by atoms with Gasteiger partial charge in [0.25, 0.3) is 0 Å². The quantitative estimate of drug-likeness (QED) is 0.676. The van der Waals surface area contributed by atoms with Gasteiger partial charge in [-0.3, -0.25) is 0 Å². The summed E-state index contributed by atoms with van der Waals surface area (Å²) in [7, 11) is 0. The summed E-state index contributed by atoms with van der Waals surface area (Å²) in [6, 6.07) is 16.4. The average molecular weight is 279 g/mol. The highest BCUT2D eigenvalue weighted by Gasteiger charge is 2.45. The third-order valence-corrected chi connectivity index (χ3v) is 5.95. The van der Waals surface area contributed by atoms with Gasteiger partial charge in [0.05, 0.1) is 0 Å². The third-order valence-electron chi connectivity index (χ3n) is 5.95. The van der Waals surface area contributed by atoms with Crippen molar-refractivity contribution in [3.8, 4) is 0 Å². The molecule has 2 aromatic rings. The minimum absolute atomic E-state index is 0.361. The van der Waals surface area contributed by atoms with Crippen molar-refractivity contribution < 1.29 is 0 Å². The van der Waals surface area contributed by atoms with Crippen LogP contribution in [0.4, 0.5) is 5.69 Å². The van der Waals surface area contributed by atoms with Crippen LogP contribution >= 0.6 is 0 Å². The van der Waals surface area contributed by atoms with Crippen molar-refractivity contribution >= 4 is 16.5 Å². The first-order valence-corrected chi connectivity index (χ1v) is 8.46. The highest BCUT2D eigenvalue weighted by molar-refractivity contribution is 5.94.